The number of benzene rings is 3. The lowest BCUT2D eigenvalue weighted by Crippen LogP contribution is -2.20. The van der Waals surface area contributed by atoms with Gasteiger partial charge in [0.2, 0.25) is 0 Å². The number of carbonyl (C=O) groups is 2. The van der Waals surface area contributed by atoms with Gasteiger partial charge in [0.05, 0.1) is 29.3 Å². The van der Waals surface area contributed by atoms with Crippen LogP contribution in [0.2, 0.25) is 0 Å². The van der Waals surface area contributed by atoms with Gasteiger partial charge in [0, 0.05) is 5.69 Å². The van der Waals surface area contributed by atoms with Gasteiger partial charge < -0.3 is 24.8 Å². The fourth-order valence-electron chi connectivity index (χ4n) is 3.24. The number of halogens is 2. The van der Waals surface area contributed by atoms with E-state index in [1.54, 1.807) is 49.6 Å². The Labute approximate surface area is 225 Å². The lowest BCUT2D eigenvalue weighted by Gasteiger charge is -2.14. The maximum atomic E-state index is 13.0. The molecule has 190 valence electrons. The Balaban J connectivity index is 1.45. The van der Waals surface area contributed by atoms with Crippen LogP contribution in [0.1, 0.15) is 5.56 Å². The minimum Gasteiger partial charge on any atom is -0.497 e. The molecule has 0 saturated carbocycles. The number of hydrogen-bond donors (Lipinski definition) is 2. The average Bonchev–Trinajstić information content (AvgIpc) is 3.22. The first-order chi connectivity index (χ1) is 17.8. The second-order valence-electron chi connectivity index (χ2n) is 7.56. The van der Waals surface area contributed by atoms with Crippen LogP contribution in [0.3, 0.4) is 0 Å². The number of thioether (sulfide) groups is 1. The monoisotopic (exact) mass is 585 g/mol. The molecule has 4 rings (SSSR count). The number of nitrogens with zero attached hydrogens (tertiary/aromatic N) is 1. The van der Waals surface area contributed by atoms with E-state index in [4.69, 9.17) is 14.2 Å². The van der Waals surface area contributed by atoms with Crippen molar-refractivity contribution in [2.24, 2.45) is 4.99 Å². The number of anilines is 1. The van der Waals surface area contributed by atoms with Gasteiger partial charge in [-0.3, -0.25) is 9.59 Å². The number of rotatable bonds is 8. The number of methoxy groups -OCH3 is 2. The average molecular weight is 586 g/mol. The molecule has 3 aromatic rings. The standard InChI is InChI=1S/C26H21BrFN3O5S/c1-34-19-9-7-18(8-10-19)30-26-31-25(33)22(37-26)13-15-11-20(27)24(21(12-15)35-2)36-14-23(32)29-17-5-3-16(28)4-6-17/h3-13H,14H2,1-2H3,(H,29,32)(H,30,31,33)/b22-13+. The number of ether oxygens (including phenoxy) is 3. The Morgan fingerprint density at radius 1 is 1.11 bits per heavy atom. The van der Waals surface area contributed by atoms with Crippen LogP contribution in [0.15, 0.2) is 75.0 Å². The van der Waals surface area contributed by atoms with E-state index in [-0.39, 0.29) is 12.5 Å². The molecular formula is C26H21BrFN3O5S. The second-order valence-corrected chi connectivity index (χ2v) is 9.44. The van der Waals surface area contributed by atoms with Crippen LogP contribution in [0.25, 0.3) is 6.08 Å². The quantitative estimate of drug-likeness (QED) is 0.338. The van der Waals surface area contributed by atoms with Crippen LogP contribution in [0.4, 0.5) is 15.8 Å². The summed E-state index contributed by atoms with van der Waals surface area (Å²) in [5, 5.41) is 5.84. The van der Waals surface area contributed by atoms with Gasteiger partial charge in [-0.2, -0.15) is 0 Å². The molecule has 0 bridgehead atoms. The van der Waals surface area contributed by atoms with Crippen LogP contribution >= 0.6 is 27.7 Å². The lowest BCUT2D eigenvalue weighted by molar-refractivity contribution is -0.118. The smallest absolute Gasteiger partial charge is 0.264 e. The Morgan fingerprint density at radius 3 is 2.51 bits per heavy atom. The minimum atomic E-state index is -0.422. The highest BCUT2D eigenvalue weighted by Gasteiger charge is 2.24. The first-order valence-electron chi connectivity index (χ1n) is 10.8. The number of amidine groups is 1. The van der Waals surface area contributed by atoms with Crippen LogP contribution in [-0.4, -0.2) is 37.8 Å². The fraction of sp³-hybridized carbons (Fsp3) is 0.115. The first-order valence-corrected chi connectivity index (χ1v) is 12.4. The third kappa shape index (κ3) is 6.89. The maximum Gasteiger partial charge on any atom is 0.264 e. The summed E-state index contributed by atoms with van der Waals surface area (Å²) in [6.45, 7) is -0.295. The highest BCUT2D eigenvalue weighted by Crippen LogP contribution is 2.38. The van der Waals surface area contributed by atoms with Gasteiger partial charge >= 0.3 is 0 Å². The van der Waals surface area contributed by atoms with E-state index in [9.17, 15) is 14.0 Å². The Kier molecular flexibility index (Phi) is 8.47. The molecule has 1 saturated heterocycles. The molecule has 0 atom stereocenters. The van der Waals surface area contributed by atoms with E-state index in [2.05, 4.69) is 31.6 Å². The molecule has 1 aliphatic rings. The largest absolute Gasteiger partial charge is 0.497 e. The molecule has 0 aliphatic carbocycles. The van der Waals surface area contributed by atoms with Crippen LogP contribution in [-0.2, 0) is 9.59 Å². The Hall–Kier alpha value is -3.83. The second kappa shape index (κ2) is 11.9. The third-order valence-electron chi connectivity index (χ3n) is 4.98. The highest BCUT2D eigenvalue weighted by atomic mass is 79.9. The number of amides is 2. The van der Waals surface area contributed by atoms with Crippen molar-refractivity contribution in [1.82, 2.24) is 5.32 Å². The predicted molar refractivity (Wildman–Crippen MR) is 145 cm³/mol. The van der Waals surface area contributed by atoms with Crippen molar-refractivity contribution in [3.8, 4) is 17.2 Å². The van der Waals surface area contributed by atoms with E-state index >= 15 is 0 Å². The van der Waals surface area contributed by atoms with Gasteiger partial charge in [-0.25, -0.2) is 9.38 Å². The van der Waals surface area contributed by atoms with E-state index in [1.165, 1.54) is 43.1 Å². The predicted octanol–water partition coefficient (Wildman–Crippen LogP) is 5.51. The highest BCUT2D eigenvalue weighted by molar-refractivity contribution is 9.10. The molecule has 0 spiro atoms. The van der Waals surface area contributed by atoms with Gasteiger partial charge in [0.15, 0.2) is 23.3 Å². The summed E-state index contributed by atoms with van der Waals surface area (Å²) >= 11 is 4.66. The zero-order valence-electron chi connectivity index (χ0n) is 19.7. The number of hydrogen-bond acceptors (Lipinski definition) is 7. The van der Waals surface area contributed by atoms with Crippen molar-refractivity contribution < 1.29 is 28.2 Å². The maximum absolute atomic E-state index is 13.0. The molecule has 11 heteroatoms. The minimum absolute atomic E-state index is 0.273. The molecule has 0 aromatic heterocycles. The normalized spacial score (nSPS) is 15.0. The van der Waals surface area contributed by atoms with Gasteiger partial charge in [-0.05, 0) is 100.0 Å². The SMILES string of the molecule is COc1ccc(N=C2NC(=O)/C(=C\c3cc(Br)c(OCC(=O)Nc4ccc(F)cc4)c(OC)c3)S2)cc1. The lowest BCUT2D eigenvalue weighted by atomic mass is 10.2. The van der Waals surface area contributed by atoms with Crippen molar-refractivity contribution in [3.63, 3.8) is 0 Å². The molecule has 37 heavy (non-hydrogen) atoms. The fourth-order valence-corrected chi connectivity index (χ4v) is 4.65. The summed E-state index contributed by atoms with van der Waals surface area (Å²) in [6, 6.07) is 16.0. The van der Waals surface area contributed by atoms with Crippen molar-refractivity contribution in [2.45, 2.75) is 0 Å². The van der Waals surface area contributed by atoms with E-state index in [0.29, 0.717) is 48.7 Å². The van der Waals surface area contributed by atoms with Gasteiger partial charge in [-0.1, -0.05) is 0 Å². The number of carbonyl (C=O) groups excluding carboxylic acids is 2. The molecule has 1 fully saturated rings. The molecule has 0 radical (unpaired) electrons. The molecular weight excluding hydrogens is 565 g/mol. The van der Waals surface area contributed by atoms with Gasteiger partial charge in [0.1, 0.15) is 11.6 Å². The van der Waals surface area contributed by atoms with Gasteiger partial charge in [0.25, 0.3) is 11.8 Å². The zero-order valence-corrected chi connectivity index (χ0v) is 22.1. The Morgan fingerprint density at radius 2 is 1.84 bits per heavy atom. The first kappa shape index (κ1) is 26.2. The molecule has 2 amide bonds. The third-order valence-corrected chi connectivity index (χ3v) is 6.48. The summed E-state index contributed by atoms with van der Waals surface area (Å²) < 4.78 is 29.8. The molecule has 3 aromatic carbocycles. The summed E-state index contributed by atoms with van der Waals surface area (Å²) in [5.41, 5.74) is 1.81. The van der Waals surface area contributed by atoms with E-state index in [1.807, 2.05) is 0 Å². The molecule has 2 N–H and O–H groups in total. The summed E-state index contributed by atoms with van der Waals surface area (Å²) in [6.07, 6.45) is 1.70. The summed E-state index contributed by atoms with van der Waals surface area (Å²) in [7, 11) is 3.06. The number of nitrogens with one attached hydrogen (secondary N) is 2. The van der Waals surface area contributed by atoms with Crippen LogP contribution in [0.5, 0.6) is 17.2 Å². The summed E-state index contributed by atoms with van der Waals surface area (Å²) in [4.78, 5) is 29.7. The van der Waals surface area contributed by atoms with Crippen molar-refractivity contribution in [3.05, 3.63) is 81.4 Å². The zero-order chi connectivity index (χ0) is 26.4. The Bertz CT molecular complexity index is 1380. The van der Waals surface area contributed by atoms with Crippen molar-refractivity contribution in [2.75, 3.05) is 26.1 Å². The van der Waals surface area contributed by atoms with E-state index in [0.717, 1.165) is 0 Å². The van der Waals surface area contributed by atoms with Crippen molar-refractivity contribution in [1.29, 1.82) is 0 Å². The molecule has 1 aliphatic heterocycles. The van der Waals surface area contributed by atoms with Gasteiger partial charge in [-0.15, -0.1) is 0 Å². The molecule has 1 heterocycles. The van der Waals surface area contributed by atoms with E-state index < -0.39 is 11.7 Å². The molecule has 8 nitrogen and oxygen atoms in total. The number of aliphatic imine (C=N–C) groups is 1. The molecule has 0 unspecified atom stereocenters. The van der Waals surface area contributed by atoms with Crippen LogP contribution in [0, 0.1) is 5.82 Å². The summed E-state index contributed by atoms with van der Waals surface area (Å²) in [5.74, 6) is 0.315. The topological polar surface area (TPSA) is 98.3 Å². The van der Waals surface area contributed by atoms with Crippen LogP contribution < -0.4 is 24.8 Å². The van der Waals surface area contributed by atoms with Crippen molar-refractivity contribution >= 4 is 62.1 Å².